The van der Waals surface area contributed by atoms with Crippen LogP contribution in [0.2, 0.25) is 0 Å². The van der Waals surface area contributed by atoms with Crippen molar-refractivity contribution >= 4 is 16.0 Å². The summed E-state index contributed by atoms with van der Waals surface area (Å²) in [5.41, 5.74) is 0.953. The molecule has 0 radical (unpaired) electrons. The zero-order chi connectivity index (χ0) is 16.0. The molecule has 0 heterocycles. The van der Waals surface area contributed by atoms with Gasteiger partial charge in [0, 0.05) is 19.5 Å². The first-order valence-electron chi connectivity index (χ1n) is 7.14. The topological polar surface area (TPSA) is 74.7 Å². The molecule has 0 bridgehead atoms. The third-order valence-corrected chi connectivity index (χ3v) is 5.65. The Bertz CT molecular complexity index is 562. The Balaban J connectivity index is 2.89. The molecule has 118 valence electrons. The number of hydrogen-bond acceptors (Lipinski definition) is 3. The molecule has 0 aromatic heterocycles. The molecule has 0 saturated heterocycles. The maximum absolute atomic E-state index is 12.3. The normalized spacial score (nSPS) is 13.3. The Morgan fingerprint density at radius 3 is 2.14 bits per heavy atom. The van der Waals surface area contributed by atoms with Gasteiger partial charge in [-0.1, -0.05) is 32.9 Å². The van der Waals surface area contributed by atoms with Crippen LogP contribution in [0.5, 0.6) is 0 Å². The Morgan fingerprint density at radius 2 is 1.71 bits per heavy atom. The first-order chi connectivity index (χ1) is 9.82. The van der Waals surface area contributed by atoms with Crippen molar-refractivity contribution in [2.45, 2.75) is 44.4 Å². The van der Waals surface area contributed by atoms with Gasteiger partial charge in [-0.05, 0) is 30.0 Å². The van der Waals surface area contributed by atoms with E-state index in [9.17, 15) is 13.2 Å². The predicted molar refractivity (Wildman–Crippen MR) is 81.8 cm³/mol. The second-order valence-corrected chi connectivity index (χ2v) is 6.93. The number of carbonyl (C=O) groups is 1. The van der Waals surface area contributed by atoms with Crippen LogP contribution in [0.4, 0.5) is 0 Å². The van der Waals surface area contributed by atoms with Gasteiger partial charge in [0.05, 0.1) is 4.90 Å². The van der Waals surface area contributed by atoms with E-state index in [0.717, 1.165) is 5.56 Å². The molecule has 5 nitrogen and oxygen atoms in total. The third kappa shape index (κ3) is 4.54. The van der Waals surface area contributed by atoms with Gasteiger partial charge in [0.15, 0.2) is 0 Å². The van der Waals surface area contributed by atoms with Crippen LogP contribution in [-0.4, -0.2) is 36.9 Å². The number of hydrogen-bond donors (Lipinski definition) is 1. The van der Waals surface area contributed by atoms with Crippen LogP contribution in [0, 0.1) is 0 Å². The van der Waals surface area contributed by atoms with Crippen LogP contribution in [0.15, 0.2) is 29.2 Å². The number of rotatable bonds is 8. The fraction of sp³-hybridized carbons (Fsp3) is 0.533. The minimum absolute atomic E-state index is 0.0892. The quantitative estimate of drug-likeness (QED) is 0.800. The summed E-state index contributed by atoms with van der Waals surface area (Å²) in [6.45, 7) is 6.44. The highest BCUT2D eigenvalue weighted by molar-refractivity contribution is 7.89. The lowest BCUT2D eigenvalue weighted by molar-refractivity contribution is -0.137. The molecule has 21 heavy (non-hydrogen) atoms. The van der Waals surface area contributed by atoms with Crippen molar-refractivity contribution in [3.8, 4) is 0 Å². The van der Waals surface area contributed by atoms with E-state index in [2.05, 4.69) is 0 Å². The lowest BCUT2D eigenvalue weighted by Crippen LogP contribution is -2.30. The summed E-state index contributed by atoms with van der Waals surface area (Å²) >= 11 is 0. The van der Waals surface area contributed by atoms with Gasteiger partial charge in [-0.15, -0.1) is 0 Å². The van der Waals surface area contributed by atoms with Crippen molar-refractivity contribution in [1.82, 2.24) is 4.31 Å². The van der Waals surface area contributed by atoms with E-state index >= 15 is 0 Å². The van der Waals surface area contributed by atoms with Gasteiger partial charge < -0.3 is 5.11 Å². The van der Waals surface area contributed by atoms with E-state index in [-0.39, 0.29) is 17.2 Å². The molecule has 6 heteroatoms. The maximum atomic E-state index is 12.3. The number of carboxylic acid groups (broad SMARTS) is 1. The summed E-state index contributed by atoms with van der Waals surface area (Å²) in [5.74, 6) is -0.728. The number of benzene rings is 1. The number of nitrogens with zero attached hydrogens (tertiary/aromatic N) is 1. The van der Waals surface area contributed by atoms with Crippen LogP contribution >= 0.6 is 0 Å². The Hall–Kier alpha value is -1.40. The van der Waals surface area contributed by atoms with Gasteiger partial charge in [-0.3, -0.25) is 4.79 Å². The van der Waals surface area contributed by atoms with Crippen LogP contribution in [-0.2, 0) is 14.8 Å². The molecular weight excluding hydrogens is 290 g/mol. The van der Waals surface area contributed by atoms with Gasteiger partial charge in [-0.2, -0.15) is 4.31 Å². The van der Waals surface area contributed by atoms with E-state index in [4.69, 9.17) is 5.11 Å². The van der Waals surface area contributed by atoms with Crippen molar-refractivity contribution in [2.75, 3.05) is 13.1 Å². The molecule has 0 spiro atoms. The molecule has 0 aliphatic carbocycles. The van der Waals surface area contributed by atoms with E-state index in [1.165, 1.54) is 4.31 Å². The molecule has 0 aliphatic rings. The van der Waals surface area contributed by atoms with Gasteiger partial charge in [0.1, 0.15) is 0 Å². The molecule has 1 N–H and O–H groups in total. The van der Waals surface area contributed by atoms with E-state index in [1.54, 1.807) is 24.3 Å². The summed E-state index contributed by atoms with van der Waals surface area (Å²) in [5, 5.41) is 8.69. The fourth-order valence-electron chi connectivity index (χ4n) is 2.19. The summed E-state index contributed by atoms with van der Waals surface area (Å²) in [6.07, 6.45) is 0.651. The lowest BCUT2D eigenvalue weighted by Gasteiger charge is -2.19. The fourth-order valence-corrected chi connectivity index (χ4v) is 3.65. The number of carboxylic acids is 1. The Kier molecular flexibility index (Phi) is 6.36. The van der Waals surface area contributed by atoms with Gasteiger partial charge in [-0.25, -0.2) is 8.42 Å². The van der Waals surface area contributed by atoms with Gasteiger partial charge in [0.25, 0.3) is 0 Å². The third-order valence-electron chi connectivity index (χ3n) is 3.58. The Morgan fingerprint density at radius 1 is 1.19 bits per heavy atom. The maximum Gasteiger partial charge on any atom is 0.303 e. The highest BCUT2D eigenvalue weighted by Gasteiger charge is 2.21. The van der Waals surface area contributed by atoms with Crippen LogP contribution in [0.3, 0.4) is 0 Å². The minimum Gasteiger partial charge on any atom is -0.481 e. The molecule has 0 amide bonds. The highest BCUT2D eigenvalue weighted by atomic mass is 32.2. The second kappa shape index (κ2) is 7.56. The van der Waals surface area contributed by atoms with E-state index < -0.39 is 16.0 Å². The van der Waals surface area contributed by atoms with E-state index in [0.29, 0.717) is 19.5 Å². The first kappa shape index (κ1) is 17.7. The van der Waals surface area contributed by atoms with Gasteiger partial charge >= 0.3 is 5.97 Å². The molecule has 1 aromatic rings. The average molecular weight is 313 g/mol. The number of sulfonamides is 1. The predicted octanol–water partition coefficient (Wildman–Crippen LogP) is 2.69. The lowest BCUT2D eigenvalue weighted by atomic mass is 9.96. The minimum atomic E-state index is -3.43. The summed E-state index contributed by atoms with van der Waals surface area (Å²) in [6, 6.07) is 6.73. The smallest absolute Gasteiger partial charge is 0.303 e. The van der Waals surface area contributed by atoms with Crippen LogP contribution in [0.1, 0.15) is 45.1 Å². The summed E-state index contributed by atoms with van der Waals surface area (Å²) < 4.78 is 26.1. The first-order valence-corrected chi connectivity index (χ1v) is 8.58. The molecule has 0 saturated carbocycles. The molecule has 0 aliphatic heterocycles. The van der Waals surface area contributed by atoms with Crippen molar-refractivity contribution < 1.29 is 18.3 Å². The average Bonchev–Trinajstić information content (AvgIpc) is 2.45. The standard InChI is InChI=1S/C15H23NO4S/c1-4-16(5-2)21(19,20)14-9-7-13(8-10-14)12(3)6-11-15(17)18/h7-10,12H,4-6,11H2,1-3H3,(H,17,18). The zero-order valence-electron chi connectivity index (χ0n) is 12.7. The monoisotopic (exact) mass is 313 g/mol. The summed E-state index contributed by atoms with van der Waals surface area (Å²) in [7, 11) is -3.43. The van der Waals surface area contributed by atoms with E-state index in [1.807, 2.05) is 20.8 Å². The highest BCUT2D eigenvalue weighted by Crippen LogP contribution is 2.23. The second-order valence-electron chi connectivity index (χ2n) is 4.99. The number of aliphatic carboxylic acids is 1. The zero-order valence-corrected chi connectivity index (χ0v) is 13.6. The van der Waals surface area contributed by atoms with Gasteiger partial charge in [0.2, 0.25) is 10.0 Å². The molecule has 1 aromatic carbocycles. The molecule has 0 fully saturated rings. The molecular formula is C15H23NO4S. The molecule has 1 unspecified atom stereocenters. The van der Waals surface area contributed by atoms with Crippen molar-refractivity contribution in [3.63, 3.8) is 0 Å². The largest absolute Gasteiger partial charge is 0.481 e. The van der Waals surface area contributed by atoms with Crippen molar-refractivity contribution in [2.24, 2.45) is 0 Å². The summed E-state index contributed by atoms with van der Waals surface area (Å²) in [4.78, 5) is 10.9. The van der Waals surface area contributed by atoms with Crippen molar-refractivity contribution in [1.29, 1.82) is 0 Å². The molecule has 1 rings (SSSR count). The van der Waals surface area contributed by atoms with Crippen LogP contribution < -0.4 is 0 Å². The Labute approximate surface area is 126 Å². The van der Waals surface area contributed by atoms with Crippen LogP contribution in [0.25, 0.3) is 0 Å². The molecule has 1 atom stereocenters. The van der Waals surface area contributed by atoms with Crippen molar-refractivity contribution in [3.05, 3.63) is 29.8 Å². The SMILES string of the molecule is CCN(CC)S(=O)(=O)c1ccc(C(C)CCC(=O)O)cc1.